The number of nitrogens with one attached hydrogen (secondary N) is 2. The lowest BCUT2D eigenvalue weighted by Crippen LogP contribution is -2.32. The second-order valence-electron chi connectivity index (χ2n) is 10.3. The molecular weight excluding hydrogens is 502 g/mol. The Hall–Kier alpha value is -3.02. The molecule has 6 atom stereocenters. The lowest BCUT2D eigenvalue weighted by Gasteiger charge is -2.20. The summed E-state index contributed by atoms with van der Waals surface area (Å²) in [6.45, 7) is 3.09. The highest BCUT2D eigenvalue weighted by molar-refractivity contribution is 5.99. The van der Waals surface area contributed by atoms with Crippen molar-refractivity contribution in [1.82, 2.24) is 14.8 Å². The lowest BCUT2D eigenvalue weighted by molar-refractivity contribution is -0.150. The van der Waals surface area contributed by atoms with Gasteiger partial charge in [0.1, 0.15) is 5.82 Å². The highest BCUT2D eigenvalue weighted by Gasteiger charge is 2.57. The number of rotatable bonds is 7. The molecule has 1 aromatic heterocycles. The summed E-state index contributed by atoms with van der Waals surface area (Å²) < 4.78 is 81.3. The van der Waals surface area contributed by atoms with Gasteiger partial charge < -0.3 is 20.1 Å². The molecule has 2 N–H and O–H groups in total. The van der Waals surface area contributed by atoms with Crippen molar-refractivity contribution in [2.45, 2.75) is 44.1 Å². The molecule has 0 radical (unpaired) electrons. The Balaban J connectivity index is 1.43. The molecule has 12 heteroatoms. The molecule has 2 saturated carbocycles. The minimum Gasteiger partial charge on any atom is -0.381 e. The van der Waals surface area contributed by atoms with Gasteiger partial charge in [0.05, 0.1) is 28.8 Å². The van der Waals surface area contributed by atoms with Crippen molar-refractivity contribution in [3.63, 3.8) is 0 Å². The fourth-order valence-corrected chi connectivity index (χ4v) is 5.50. The molecule has 1 aromatic carbocycles. The summed E-state index contributed by atoms with van der Waals surface area (Å²) >= 11 is 0. The summed E-state index contributed by atoms with van der Waals surface area (Å²) in [6, 6.07) is 2.47. The monoisotopic (exact) mass is 528 g/mol. The van der Waals surface area contributed by atoms with E-state index in [4.69, 9.17) is 0 Å². The number of benzene rings is 1. The number of hydrogen-bond acceptors (Lipinski definition) is 4. The molecule has 2 aliphatic carbocycles. The number of carbonyl (C=O) groups is 1. The van der Waals surface area contributed by atoms with Crippen molar-refractivity contribution in [2.24, 2.45) is 17.8 Å². The molecule has 3 aliphatic rings. The zero-order valence-electron chi connectivity index (χ0n) is 20.0. The molecule has 6 nitrogen and oxygen atoms in total. The van der Waals surface area contributed by atoms with E-state index in [0.29, 0.717) is 11.8 Å². The minimum absolute atomic E-state index is 0.0134. The quantitative estimate of drug-likeness (QED) is 0.519. The standard InChI is InChI=1S/C25H26F6N4O2/c1-11(12-4-3-5-13(21(12)26)23(27)28)32-24(37)16-10-35(19-6-17(19)25(29,30)31)20(36)7-18(16)33-22-14-8-34(2)9-15(14)22/h3-5,7,10-11,14-15,17,19,22-23,33H,6,8-9H2,1-2H3,(H,32,37)/t11-,14-,15+,17-,19-,22?/m1/s1. The Bertz CT molecular complexity index is 1270. The van der Waals surface area contributed by atoms with Crippen LogP contribution in [0.25, 0.3) is 0 Å². The molecule has 200 valence electrons. The van der Waals surface area contributed by atoms with Crippen molar-refractivity contribution in [3.8, 4) is 0 Å². The van der Waals surface area contributed by atoms with Crippen LogP contribution in [0, 0.1) is 23.6 Å². The third-order valence-electron chi connectivity index (χ3n) is 7.67. The number of halogens is 6. The Morgan fingerprint density at radius 3 is 2.38 bits per heavy atom. The Morgan fingerprint density at radius 1 is 1.14 bits per heavy atom. The number of alkyl halides is 5. The molecule has 5 rings (SSSR count). The first-order valence-corrected chi connectivity index (χ1v) is 12.0. The van der Waals surface area contributed by atoms with E-state index in [1.165, 1.54) is 19.1 Å². The van der Waals surface area contributed by atoms with Gasteiger partial charge >= 0.3 is 6.18 Å². The second-order valence-corrected chi connectivity index (χ2v) is 10.3. The van der Waals surface area contributed by atoms with Gasteiger partial charge in [0.2, 0.25) is 0 Å². The number of piperidine rings is 1. The zero-order valence-corrected chi connectivity index (χ0v) is 20.0. The molecule has 1 unspecified atom stereocenters. The van der Waals surface area contributed by atoms with Crippen LogP contribution in [0.4, 0.5) is 32.0 Å². The van der Waals surface area contributed by atoms with Crippen LogP contribution >= 0.6 is 0 Å². The van der Waals surface area contributed by atoms with Crippen LogP contribution in [0.3, 0.4) is 0 Å². The van der Waals surface area contributed by atoms with Gasteiger partial charge in [-0.2, -0.15) is 13.2 Å². The van der Waals surface area contributed by atoms with Crippen LogP contribution < -0.4 is 16.2 Å². The van der Waals surface area contributed by atoms with E-state index in [1.807, 2.05) is 7.05 Å². The highest BCUT2D eigenvalue weighted by atomic mass is 19.4. The molecule has 2 aromatic rings. The summed E-state index contributed by atoms with van der Waals surface area (Å²) in [5.74, 6) is -2.94. The first-order valence-electron chi connectivity index (χ1n) is 12.0. The van der Waals surface area contributed by atoms with E-state index in [1.54, 1.807) is 0 Å². The predicted molar refractivity (Wildman–Crippen MR) is 123 cm³/mol. The fraction of sp³-hybridized carbons (Fsp3) is 0.520. The molecule has 1 saturated heterocycles. The fourth-order valence-electron chi connectivity index (χ4n) is 5.50. The minimum atomic E-state index is -4.47. The van der Waals surface area contributed by atoms with Gasteiger partial charge in [-0.3, -0.25) is 9.59 Å². The van der Waals surface area contributed by atoms with Crippen molar-refractivity contribution in [3.05, 3.63) is 63.3 Å². The number of hydrogen-bond donors (Lipinski definition) is 2. The summed E-state index contributed by atoms with van der Waals surface area (Å²) in [6.07, 6.45) is -6.67. The van der Waals surface area contributed by atoms with E-state index in [2.05, 4.69) is 15.5 Å². The number of fused-ring (bicyclic) bond motifs is 1. The van der Waals surface area contributed by atoms with E-state index < -0.39 is 53.5 Å². The smallest absolute Gasteiger partial charge is 0.381 e. The first kappa shape index (κ1) is 25.6. The number of nitrogens with zero attached hydrogens (tertiary/aromatic N) is 2. The largest absolute Gasteiger partial charge is 0.393 e. The van der Waals surface area contributed by atoms with Gasteiger partial charge in [0.25, 0.3) is 17.9 Å². The van der Waals surface area contributed by atoms with Crippen LogP contribution in [0.15, 0.2) is 35.3 Å². The van der Waals surface area contributed by atoms with E-state index >= 15 is 0 Å². The number of aromatic nitrogens is 1. The molecule has 0 spiro atoms. The maximum Gasteiger partial charge on any atom is 0.393 e. The van der Waals surface area contributed by atoms with Crippen LogP contribution in [0.5, 0.6) is 0 Å². The van der Waals surface area contributed by atoms with Gasteiger partial charge in [-0.15, -0.1) is 0 Å². The average Bonchev–Trinajstić information content (AvgIpc) is 3.69. The molecule has 3 fully saturated rings. The highest BCUT2D eigenvalue weighted by Crippen LogP contribution is 2.53. The van der Waals surface area contributed by atoms with Gasteiger partial charge in [-0.1, -0.05) is 18.2 Å². The van der Waals surface area contributed by atoms with Gasteiger partial charge in [-0.05, 0) is 32.2 Å². The van der Waals surface area contributed by atoms with Crippen molar-refractivity contribution in [2.75, 3.05) is 25.5 Å². The lowest BCUT2D eigenvalue weighted by atomic mass is 10.0. The first-order chi connectivity index (χ1) is 17.4. The van der Waals surface area contributed by atoms with Gasteiger partial charge in [0, 0.05) is 43.0 Å². The van der Waals surface area contributed by atoms with Crippen LogP contribution in [0.2, 0.25) is 0 Å². The summed E-state index contributed by atoms with van der Waals surface area (Å²) in [5.41, 5.74) is -1.51. The van der Waals surface area contributed by atoms with E-state index in [9.17, 15) is 35.9 Å². The molecule has 2 heterocycles. The normalized spacial score (nSPS) is 27.6. The van der Waals surface area contributed by atoms with E-state index in [-0.39, 0.29) is 29.3 Å². The summed E-state index contributed by atoms with van der Waals surface area (Å²) in [7, 11) is 1.99. The number of likely N-dealkylation sites (tertiary alicyclic amines) is 1. The number of carbonyl (C=O) groups excluding carboxylic acids is 1. The van der Waals surface area contributed by atoms with Crippen molar-refractivity contribution >= 4 is 11.6 Å². The van der Waals surface area contributed by atoms with Crippen molar-refractivity contribution < 1.29 is 31.1 Å². The Labute approximate surface area is 208 Å². The number of pyridine rings is 1. The molecular formula is C25H26F6N4O2. The van der Waals surface area contributed by atoms with Crippen molar-refractivity contribution in [1.29, 1.82) is 0 Å². The number of amides is 1. The second kappa shape index (κ2) is 9.07. The maximum atomic E-state index is 14.6. The van der Waals surface area contributed by atoms with Crippen LogP contribution in [0.1, 0.15) is 53.3 Å². The summed E-state index contributed by atoms with van der Waals surface area (Å²) in [4.78, 5) is 28.2. The predicted octanol–water partition coefficient (Wildman–Crippen LogP) is 4.51. The molecule has 1 aliphatic heterocycles. The van der Waals surface area contributed by atoms with Gasteiger partial charge in [0.15, 0.2) is 0 Å². The van der Waals surface area contributed by atoms with Gasteiger partial charge in [-0.25, -0.2) is 13.2 Å². The SMILES string of the molecule is C[C@@H](NC(=O)c1cn([C@@H]2C[C@H]2C(F)(F)F)c(=O)cc1NC1[C@H]2CN(C)C[C@@H]12)c1cccc(C(F)F)c1F. The third kappa shape index (κ3) is 4.83. The Kier molecular flexibility index (Phi) is 6.28. The van der Waals surface area contributed by atoms with Crippen LogP contribution in [-0.2, 0) is 0 Å². The third-order valence-corrected chi connectivity index (χ3v) is 7.67. The Morgan fingerprint density at radius 2 is 1.78 bits per heavy atom. The number of anilines is 1. The topological polar surface area (TPSA) is 66.4 Å². The zero-order chi connectivity index (χ0) is 26.8. The summed E-state index contributed by atoms with van der Waals surface area (Å²) in [5, 5.41) is 5.76. The molecule has 37 heavy (non-hydrogen) atoms. The average molecular weight is 528 g/mol. The molecule has 0 bridgehead atoms. The van der Waals surface area contributed by atoms with E-state index in [0.717, 1.165) is 36.0 Å². The molecule has 1 amide bonds. The van der Waals surface area contributed by atoms with Crippen LogP contribution in [-0.4, -0.2) is 47.7 Å². The maximum absolute atomic E-state index is 14.6.